The Bertz CT molecular complexity index is 796. The maximum atomic E-state index is 13.3. The molecule has 1 heterocycles. The minimum Gasteiger partial charge on any atom is -0.324 e. The number of carbonyl (C=O) groups excluding carboxylic acids is 2. The van der Waals surface area contributed by atoms with Crippen molar-refractivity contribution in [1.82, 2.24) is 9.80 Å². The number of carbonyl (C=O) groups is 2. The van der Waals surface area contributed by atoms with Crippen LogP contribution in [0.15, 0.2) is 60.7 Å². The summed E-state index contributed by atoms with van der Waals surface area (Å²) < 4.78 is 0. The van der Waals surface area contributed by atoms with Crippen molar-refractivity contribution in [3.8, 4) is 0 Å². The Labute approximate surface area is 161 Å². The van der Waals surface area contributed by atoms with Gasteiger partial charge in [0.25, 0.3) is 5.91 Å². The van der Waals surface area contributed by atoms with E-state index in [0.717, 1.165) is 5.56 Å². The molecule has 1 fully saturated rings. The molecule has 0 N–H and O–H groups in total. The van der Waals surface area contributed by atoms with Gasteiger partial charge < -0.3 is 9.80 Å². The molecule has 4 heteroatoms. The third-order valence-corrected chi connectivity index (χ3v) is 5.16. The van der Waals surface area contributed by atoms with Crippen LogP contribution in [0.2, 0.25) is 0 Å². The monoisotopic (exact) mass is 364 g/mol. The molecule has 2 aromatic rings. The molecule has 1 unspecified atom stereocenters. The highest BCUT2D eigenvalue weighted by atomic mass is 16.2. The minimum atomic E-state index is -0.273. The highest BCUT2D eigenvalue weighted by Gasteiger charge is 2.45. The van der Waals surface area contributed by atoms with Crippen LogP contribution in [0.3, 0.4) is 0 Å². The molecule has 0 saturated carbocycles. The molecule has 0 radical (unpaired) electrons. The molecular formula is C23H28N2O2. The van der Waals surface area contributed by atoms with Crippen molar-refractivity contribution >= 4 is 11.8 Å². The first-order chi connectivity index (χ1) is 12.8. The molecule has 142 valence electrons. The number of rotatable bonds is 3. The summed E-state index contributed by atoms with van der Waals surface area (Å²) in [5, 5.41) is 0. The van der Waals surface area contributed by atoms with E-state index in [1.165, 1.54) is 0 Å². The van der Waals surface area contributed by atoms with Crippen molar-refractivity contribution < 1.29 is 9.59 Å². The lowest BCUT2D eigenvalue weighted by molar-refractivity contribution is -0.152. The van der Waals surface area contributed by atoms with E-state index in [0.29, 0.717) is 18.5 Å². The lowest BCUT2D eigenvalue weighted by Crippen LogP contribution is -2.64. The topological polar surface area (TPSA) is 40.6 Å². The van der Waals surface area contributed by atoms with Crippen molar-refractivity contribution in [2.45, 2.75) is 33.4 Å². The van der Waals surface area contributed by atoms with Crippen LogP contribution in [0.5, 0.6) is 0 Å². The second kappa shape index (κ2) is 7.55. The molecule has 4 nitrogen and oxygen atoms in total. The Hall–Kier alpha value is -2.62. The van der Waals surface area contributed by atoms with E-state index in [9.17, 15) is 9.59 Å². The van der Waals surface area contributed by atoms with Gasteiger partial charge in [0.1, 0.15) is 6.17 Å². The lowest BCUT2D eigenvalue weighted by atomic mass is 9.85. The largest absolute Gasteiger partial charge is 0.324 e. The predicted molar refractivity (Wildman–Crippen MR) is 107 cm³/mol. The fraction of sp³-hybridized carbons (Fsp3) is 0.391. The summed E-state index contributed by atoms with van der Waals surface area (Å²) in [4.78, 5) is 30.0. The van der Waals surface area contributed by atoms with Crippen molar-refractivity contribution in [2.24, 2.45) is 11.3 Å². The zero-order chi connectivity index (χ0) is 19.6. The van der Waals surface area contributed by atoms with Gasteiger partial charge in [-0.2, -0.15) is 0 Å². The highest BCUT2D eigenvalue weighted by Crippen LogP contribution is 2.33. The summed E-state index contributed by atoms with van der Waals surface area (Å²) >= 11 is 0. The van der Waals surface area contributed by atoms with Gasteiger partial charge in [-0.15, -0.1) is 0 Å². The van der Waals surface area contributed by atoms with E-state index in [4.69, 9.17) is 0 Å². The van der Waals surface area contributed by atoms with E-state index in [2.05, 4.69) is 20.8 Å². The van der Waals surface area contributed by atoms with Crippen molar-refractivity contribution in [3.63, 3.8) is 0 Å². The average molecular weight is 364 g/mol. The zero-order valence-corrected chi connectivity index (χ0v) is 16.6. The average Bonchev–Trinajstić information content (AvgIpc) is 2.65. The fourth-order valence-electron chi connectivity index (χ4n) is 4.07. The first-order valence-electron chi connectivity index (χ1n) is 9.45. The van der Waals surface area contributed by atoms with Crippen LogP contribution in [0.1, 0.15) is 36.7 Å². The number of hydrogen-bond acceptors (Lipinski definition) is 2. The Morgan fingerprint density at radius 1 is 1.00 bits per heavy atom. The second-order valence-corrected chi connectivity index (χ2v) is 8.40. The van der Waals surface area contributed by atoms with Crippen molar-refractivity contribution in [3.05, 3.63) is 71.8 Å². The molecule has 1 saturated heterocycles. The van der Waals surface area contributed by atoms with Gasteiger partial charge >= 0.3 is 0 Å². The zero-order valence-electron chi connectivity index (χ0n) is 16.6. The van der Waals surface area contributed by atoms with E-state index >= 15 is 0 Å². The first kappa shape index (κ1) is 19.2. The molecule has 1 aliphatic heterocycles. The van der Waals surface area contributed by atoms with Gasteiger partial charge in [-0.25, -0.2) is 0 Å². The fourth-order valence-corrected chi connectivity index (χ4v) is 4.07. The number of benzene rings is 2. The van der Waals surface area contributed by atoms with E-state index in [-0.39, 0.29) is 29.3 Å². The molecule has 3 rings (SSSR count). The maximum Gasteiger partial charge on any atom is 0.255 e. The van der Waals surface area contributed by atoms with Crippen LogP contribution < -0.4 is 0 Å². The standard InChI is InChI=1S/C23H28N2O2/c1-23(2,3)22-24(4)20(26)19(15-17-11-7-5-8-12-17)16-25(22)21(27)18-13-9-6-10-14-18/h5-14,19,22H,15-16H2,1-4H3/t19-,22?/m0/s1. The molecule has 0 spiro atoms. The van der Waals surface area contributed by atoms with Crippen LogP contribution in [-0.2, 0) is 11.2 Å². The molecule has 2 aromatic carbocycles. The molecule has 0 aliphatic carbocycles. The quantitative estimate of drug-likeness (QED) is 0.830. The maximum absolute atomic E-state index is 13.3. The summed E-state index contributed by atoms with van der Waals surface area (Å²) in [5.74, 6) is -0.146. The molecule has 27 heavy (non-hydrogen) atoms. The molecule has 0 aromatic heterocycles. The Kier molecular flexibility index (Phi) is 5.36. The second-order valence-electron chi connectivity index (χ2n) is 8.40. The smallest absolute Gasteiger partial charge is 0.255 e. The van der Waals surface area contributed by atoms with E-state index in [1.54, 1.807) is 4.90 Å². The van der Waals surface area contributed by atoms with Crippen LogP contribution in [0.4, 0.5) is 0 Å². The van der Waals surface area contributed by atoms with Crippen LogP contribution in [0, 0.1) is 11.3 Å². The predicted octanol–water partition coefficient (Wildman–Crippen LogP) is 3.83. The highest BCUT2D eigenvalue weighted by molar-refractivity contribution is 5.95. The van der Waals surface area contributed by atoms with Gasteiger partial charge in [0.15, 0.2) is 0 Å². The summed E-state index contributed by atoms with van der Waals surface area (Å²) in [5.41, 5.74) is 1.53. The summed E-state index contributed by atoms with van der Waals surface area (Å²) in [6.45, 7) is 6.66. The van der Waals surface area contributed by atoms with Gasteiger partial charge in [-0.3, -0.25) is 9.59 Å². The normalized spacial score (nSPS) is 20.7. The molecule has 0 bridgehead atoms. The van der Waals surface area contributed by atoms with Gasteiger partial charge in [0.2, 0.25) is 5.91 Å². The molecule has 2 atom stereocenters. The van der Waals surface area contributed by atoms with E-state index < -0.39 is 0 Å². The van der Waals surface area contributed by atoms with E-state index in [1.807, 2.05) is 72.6 Å². The lowest BCUT2D eigenvalue weighted by Gasteiger charge is -2.50. The van der Waals surface area contributed by atoms with Gasteiger partial charge in [0.05, 0.1) is 5.92 Å². The Morgan fingerprint density at radius 2 is 1.56 bits per heavy atom. The third-order valence-electron chi connectivity index (χ3n) is 5.16. The van der Waals surface area contributed by atoms with Gasteiger partial charge in [0, 0.05) is 24.6 Å². The SMILES string of the molecule is CN1C(=O)[C@@H](Cc2ccccc2)CN(C(=O)c2ccccc2)C1C(C)(C)C. The summed E-state index contributed by atoms with van der Waals surface area (Å²) in [6, 6.07) is 19.3. The van der Waals surface area contributed by atoms with Crippen LogP contribution in [-0.4, -0.2) is 41.4 Å². The molecule has 1 aliphatic rings. The number of nitrogens with zero attached hydrogens (tertiary/aromatic N) is 2. The van der Waals surface area contributed by atoms with Gasteiger partial charge in [-0.1, -0.05) is 69.3 Å². The summed E-state index contributed by atoms with van der Waals surface area (Å²) in [6.07, 6.45) is 0.365. The molecule has 2 amide bonds. The van der Waals surface area contributed by atoms with Crippen molar-refractivity contribution in [2.75, 3.05) is 13.6 Å². The Morgan fingerprint density at radius 3 is 2.11 bits per heavy atom. The van der Waals surface area contributed by atoms with Gasteiger partial charge in [-0.05, 0) is 24.1 Å². The van der Waals surface area contributed by atoms with Crippen molar-refractivity contribution in [1.29, 1.82) is 0 Å². The Balaban J connectivity index is 1.93. The third kappa shape index (κ3) is 4.05. The number of amides is 2. The minimum absolute atomic E-state index is 0.0204. The number of hydrogen-bond donors (Lipinski definition) is 0. The first-order valence-corrected chi connectivity index (χ1v) is 9.45. The van der Waals surface area contributed by atoms with Crippen LogP contribution >= 0.6 is 0 Å². The van der Waals surface area contributed by atoms with Crippen LogP contribution in [0.25, 0.3) is 0 Å². The summed E-state index contributed by atoms with van der Waals surface area (Å²) in [7, 11) is 1.82. The molecular weight excluding hydrogens is 336 g/mol.